The van der Waals surface area contributed by atoms with Crippen molar-refractivity contribution in [1.82, 2.24) is 9.88 Å². The highest BCUT2D eigenvalue weighted by Crippen LogP contribution is 2.27. The van der Waals surface area contributed by atoms with Crippen molar-refractivity contribution in [3.63, 3.8) is 0 Å². The molecule has 7 nitrogen and oxygen atoms in total. The molecule has 32 heavy (non-hydrogen) atoms. The fourth-order valence-electron chi connectivity index (χ4n) is 3.54. The minimum absolute atomic E-state index is 0.0328. The third-order valence-corrected chi connectivity index (χ3v) is 8.69. The fourth-order valence-corrected chi connectivity index (χ4v) is 6.93. The number of sulfone groups is 1. The number of carbonyl (C=O) groups excluding carboxylic acids is 2. The van der Waals surface area contributed by atoms with Crippen LogP contribution in [0.5, 0.6) is 0 Å². The SMILES string of the molecule is Cc1nc(CSc2ccccc2C(=O)OCC(=O)N(CC(C)C)C2CCS(=O)(=O)C2)cs1. The molecule has 0 N–H and O–H groups in total. The molecule has 0 spiro atoms. The first kappa shape index (κ1) is 24.7. The number of rotatable bonds is 9. The van der Waals surface area contributed by atoms with E-state index >= 15 is 0 Å². The van der Waals surface area contributed by atoms with E-state index in [4.69, 9.17) is 4.74 Å². The van der Waals surface area contributed by atoms with Gasteiger partial charge < -0.3 is 9.64 Å². The van der Waals surface area contributed by atoms with Crippen LogP contribution >= 0.6 is 23.1 Å². The number of nitrogens with zero attached hydrogens (tertiary/aromatic N) is 2. The highest BCUT2D eigenvalue weighted by Gasteiger charge is 2.35. The van der Waals surface area contributed by atoms with Crippen LogP contribution < -0.4 is 0 Å². The second kappa shape index (κ2) is 10.8. The van der Waals surface area contributed by atoms with Gasteiger partial charge in [0.05, 0.1) is 27.8 Å². The van der Waals surface area contributed by atoms with E-state index in [2.05, 4.69) is 4.98 Å². The highest BCUT2D eigenvalue weighted by molar-refractivity contribution is 7.98. The predicted octanol–water partition coefficient (Wildman–Crippen LogP) is 3.57. The molecule has 1 saturated heterocycles. The molecule has 1 amide bonds. The zero-order valence-electron chi connectivity index (χ0n) is 18.4. The molecule has 1 aliphatic rings. The minimum Gasteiger partial charge on any atom is -0.452 e. The normalized spacial score (nSPS) is 17.4. The van der Waals surface area contributed by atoms with Crippen molar-refractivity contribution in [1.29, 1.82) is 0 Å². The third kappa shape index (κ3) is 6.79. The Morgan fingerprint density at radius 3 is 2.69 bits per heavy atom. The van der Waals surface area contributed by atoms with Crippen LogP contribution in [0.4, 0.5) is 0 Å². The number of aromatic nitrogens is 1. The van der Waals surface area contributed by atoms with Gasteiger partial charge in [-0.2, -0.15) is 0 Å². The second-order valence-corrected chi connectivity index (χ2v) is 12.5. The lowest BCUT2D eigenvalue weighted by Crippen LogP contribution is -2.45. The summed E-state index contributed by atoms with van der Waals surface area (Å²) in [6.07, 6.45) is 0.421. The third-order valence-electron chi connectivity index (χ3n) is 5.01. The number of amides is 1. The maximum atomic E-state index is 12.9. The van der Waals surface area contributed by atoms with E-state index in [1.165, 1.54) is 11.8 Å². The quantitative estimate of drug-likeness (QED) is 0.387. The molecule has 174 valence electrons. The Bertz CT molecular complexity index is 1070. The standard InChI is InChI=1S/C22H28N2O5S3/c1-15(2)10-24(18-8-9-32(27,28)14-18)21(25)11-29-22(26)19-6-4-5-7-20(19)31-13-17-12-30-16(3)23-17/h4-7,12,15,18H,8-11,13-14H2,1-3H3. The number of ether oxygens (including phenoxy) is 1. The molecule has 1 atom stereocenters. The van der Waals surface area contributed by atoms with E-state index in [0.29, 0.717) is 24.3 Å². The van der Waals surface area contributed by atoms with Crippen LogP contribution in [0.25, 0.3) is 0 Å². The van der Waals surface area contributed by atoms with E-state index in [-0.39, 0.29) is 29.4 Å². The molecule has 0 bridgehead atoms. The number of esters is 1. The Balaban J connectivity index is 1.63. The van der Waals surface area contributed by atoms with Crippen LogP contribution in [0, 0.1) is 12.8 Å². The predicted molar refractivity (Wildman–Crippen MR) is 127 cm³/mol. The first-order valence-electron chi connectivity index (χ1n) is 10.4. The molecule has 0 aliphatic carbocycles. The average Bonchev–Trinajstić information content (AvgIpc) is 3.32. The Morgan fingerprint density at radius 1 is 1.31 bits per heavy atom. The summed E-state index contributed by atoms with van der Waals surface area (Å²) in [7, 11) is -3.13. The molecule has 1 unspecified atom stereocenters. The number of hydrogen-bond donors (Lipinski definition) is 0. The smallest absolute Gasteiger partial charge is 0.339 e. The number of benzene rings is 1. The summed E-state index contributed by atoms with van der Waals surface area (Å²) in [4.78, 5) is 32.4. The van der Waals surface area contributed by atoms with E-state index in [0.717, 1.165) is 15.6 Å². The van der Waals surface area contributed by atoms with Gasteiger partial charge in [-0.15, -0.1) is 23.1 Å². The Morgan fingerprint density at radius 2 is 2.06 bits per heavy atom. The molecule has 1 aliphatic heterocycles. The lowest BCUT2D eigenvalue weighted by molar-refractivity contribution is -0.137. The molecule has 1 aromatic carbocycles. The maximum Gasteiger partial charge on any atom is 0.339 e. The zero-order chi connectivity index (χ0) is 23.3. The minimum atomic E-state index is -3.13. The number of carbonyl (C=O) groups is 2. The van der Waals surface area contributed by atoms with Gasteiger partial charge in [0.1, 0.15) is 0 Å². The summed E-state index contributed by atoms with van der Waals surface area (Å²) in [6.45, 7) is 5.90. The number of aryl methyl sites for hydroxylation is 1. The molecule has 0 radical (unpaired) electrons. The summed E-state index contributed by atoms with van der Waals surface area (Å²) < 4.78 is 29.1. The number of thioether (sulfide) groups is 1. The summed E-state index contributed by atoms with van der Waals surface area (Å²) >= 11 is 3.07. The lowest BCUT2D eigenvalue weighted by atomic mass is 10.1. The van der Waals surface area contributed by atoms with E-state index in [1.807, 2.05) is 38.3 Å². The molecule has 2 aromatic rings. The molecule has 10 heteroatoms. The van der Waals surface area contributed by atoms with Gasteiger partial charge in [-0.05, 0) is 31.4 Å². The maximum absolute atomic E-state index is 12.9. The lowest BCUT2D eigenvalue weighted by Gasteiger charge is -2.29. The van der Waals surface area contributed by atoms with Crippen molar-refractivity contribution in [2.45, 2.75) is 43.9 Å². The van der Waals surface area contributed by atoms with Crippen LogP contribution in [0.3, 0.4) is 0 Å². The van der Waals surface area contributed by atoms with Crippen molar-refractivity contribution >= 4 is 44.8 Å². The van der Waals surface area contributed by atoms with Gasteiger partial charge in [0.15, 0.2) is 16.4 Å². The number of hydrogen-bond acceptors (Lipinski definition) is 8. The Hall–Kier alpha value is -1.91. The van der Waals surface area contributed by atoms with Crippen LogP contribution in [-0.2, 0) is 25.1 Å². The monoisotopic (exact) mass is 496 g/mol. The topological polar surface area (TPSA) is 93.6 Å². The number of thiazole rings is 1. The first-order chi connectivity index (χ1) is 15.1. The molecule has 1 aromatic heterocycles. The molecule has 2 heterocycles. The van der Waals surface area contributed by atoms with Gasteiger partial charge in [0, 0.05) is 28.6 Å². The van der Waals surface area contributed by atoms with Crippen LogP contribution in [0.15, 0.2) is 34.5 Å². The second-order valence-electron chi connectivity index (χ2n) is 8.22. The Kier molecular flexibility index (Phi) is 8.35. The van der Waals surface area contributed by atoms with E-state index in [1.54, 1.807) is 28.4 Å². The summed E-state index contributed by atoms with van der Waals surface area (Å²) in [5, 5.41) is 2.99. The first-order valence-corrected chi connectivity index (χ1v) is 14.1. The van der Waals surface area contributed by atoms with Gasteiger partial charge in [0.2, 0.25) is 0 Å². The fraction of sp³-hybridized carbons (Fsp3) is 0.500. The molecule has 3 rings (SSSR count). The zero-order valence-corrected chi connectivity index (χ0v) is 20.9. The van der Waals surface area contributed by atoms with Crippen molar-refractivity contribution < 1.29 is 22.7 Å². The van der Waals surface area contributed by atoms with Crippen molar-refractivity contribution in [3.05, 3.63) is 45.9 Å². The molecular formula is C22H28N2O5S3. The molecular weight excluding hydrogens is 468 g/mol. The van der Waals surface area contributed by atoms with Gasteiger partial charge in [-0.3, -0.25) is 4.79 Å². The summed E-state index contributed by atoms with van der Waals surface area (Å²) in [6, 6.07) is 6.76. The van der Waals surface area contributed by atoms with E-state index in [9.17, 15) is 18.0 Å². The van der Waals surface area contributed by atoms with Gasteiger partial charge in [0.25, 0.3) is 5.91 Å². The van der Waals surface area contributed by atoms with Crippen molar-refractivity contribution in [2.75, 3.05) is 24.7 Å². The largest absolute Gasteiger partial charge is 0.452 e. The highest BCUT2D eigenvalue weighted by atomic mass is 32.2. The summed E-state index contributed by atoms with van der Waals surface area (Å²) in [5.74, 6) is -0.0790. The van der Waals surface area contributed by atoms with Crippen molar-refractivity contribution in [2.24, 2.45) is 5.92 Å². The van der Waals surface area contributed by atoms with Crippen molar-refractivity contribution in [3.8, 4) is 0 Å². The van der Waals surface area contributed by atoms with Gasteiger partial charge in [-0.1, -0.05) is 26.0 Å². The van der Waals surface area contributed by atoms with Crippen LogP contribution in [0.1, 0.15) is 41.3 Å². The Labute approximate surface area is 197 Å². The summed E-state index contributed by atoms with van der Waals surface area (Å²) in [5.41, 5.74) is 1.35. The molecule has 1 fully saturated rings. The van der Waals surface area contributed by atoms with Gasteiger partial charge >= 0.3 is 5.97 Å². The van der Waals surface area contributed by atoms with Crippen LogP contribution in [0.2, 0.25) is 0 Å². The average molecular weight is 497 g/mol. The molecule has 0 saturated carbocycles. The van der Waals surface area contributed by atoms with E-state index < -0.39 is 22.4 Å². The van der Waals surface area contributed by atoms with Gasteiger partial charge in [-0.25, -0.2) is 18.2 Å². The van der Waals surface area contributed by atoms with Crippen LogP contribution in [-0.4, -0.2) is 60.9 Å².